The molecule has 1 nitrogen and oxygen atoms in total. The molecule has 0 aliphatic heterocycles. The molecule has 0 unspecified atom stereocenters. The van der Waals surface area contributed by atoms with Gasteiger partial charge >= 0.3 is 6.18 Å². The Balaban J connectivity index is 2.69. The molecule has 0 spiro atoms. The fourth-order valence-electron chi connectivity index (χ4n) is 1.52. The van der Waals surface area contributed by atoms with Crippen molar-refractivity contribution in [3.63, 3.8) is 0 Å². The first-order valence-corrected chi connectivity index (χ1v) is 4.25. The number of benzene rings is 1. The van der Waals surface area contributed by atoms with E-state index < -0.39 is 18.4 Å². The van der Waals surface area contributed by atoms with E-state index in [4.69, 9.17) is 0 Å². The molecule has 0 fully saturated rings. The molecule has 2 aromatic rings. The highest BCUT2D eigenvalue weighted by molar-refractivity contribution is 5.83. The molecule has 0 amide bonds. The summed E-state index contributed by atoms with van der Waals surface area (Å²) < 4.78 is 49.7. The van der Waals surface area contributed by atoms with E-state index in [1.165, 1.54) is 12.3 Å². The minimum absolute atomic E-state index is 0.0322. The highest BCUT2D eigenvalue weighted by atomic mass is 19.4. The second kappa shape index (κ2) is 3.25. The molecule has 0 saturated heterocycles. The van der Waals surface area contributed by atoms with Crippen molar-refractivity contribution in [3.8, 4) is 0 Å². The summed E-state index contributed by atoms with van der Waals surface area (Å²) in [6.07, 6.45) is -2.95. The number of halogens is 4. The van der Waals surface area contributed by atoms with Crippen molar-refractivity contribution >= 4 is 10.9 Å². The number of fused-ring (bicyclic) bond motifs is 1. The molecule has 0 aliphatic rings. The SMILES string of the molecule is FCc1cc(C(F)(F)F)cc2cc[nH]c12. The van der Waals surface area contributed by atoms with Gasteiger partial charge in [-0.2, -0.15) is 13.2 Å². The first kappa shape index (κ1) is 10.0. The van der Waals surface area contributed by atoms with Gasteiger partial charge in [-0.1, -0.05) is 0 Å². The van der Waals surface area contributed by atoms with Crippen LogP contribution in [0.1, 0.15) is 11.1 Å². The lowest BCUT2D eigenvalue weighted by Crippen LogP contribution is -2.05. The van der Waals surface area contributed by atoms with Crippen LogP contribution in [0.4, 0.5) is 17.6 Å². The molecule has 0 atom stereocenters. The number of aromatic amines is 1. The summed E-state index contributed by atoms with van der Waals surface area (Å²) in [6.45, 7) is -0.916. The van der Waals surface area contributed by atoms with Gasteiger partial charge in [-0.3, -0.25) is 0 Å². The number of hydrogen-bond acceptors (Lipinski definition) is 0. The number of rotatable bonds is 1. The predicted octanol–water partition coefficient (Wildman–Crippen LogP) is 3.66. The lowest BCUT2D eigenvalue weighted by Gasteiger charge is -2.08. The topological polar surface area (TPSA) is 15.8 Å². The van der Waals surface area contributed by atoms with Crippen LogP contribution in [0.5, 0.6) is 0 Å². The molecule has 0 saturated carbocycles. The van der Waals surface area contributed by atoms with E-state index in [0.29, 0.717) is 10.9 Å². The van der Waals surface area contributed by atoms with Gasteiger partial charge in [0.2, 0.25) is 0 Å². The Kier molecular flexibility index (Phi) is 2.17. The lowest BCUT2D eigenvalue weighted by atomic mass is 10.1. The molecule has 80 valence electrons. The number of hydrogen-bond donors (Lipinski definition) is 1. The van der Waals surface area contributed by atoms with Crippen molar-refractivity contribution in [2.24, 2.45) is 0 Å². The van der Waals surface area contributed by atoms with E-state index in [9.17, 15) is 17.6 Å². The smallest absolute Gasteiger partial charge is 0.361 e. The lowest BCUT2D eigenvalue weighted by molar-refractivity contribution is -0.137. The zero-order chi connectivity index (χ0) is 11.1. The highest BCUT2D eigenvalue weighted by Gasteiger charge is 2.31. The summed E-state index contributed by atoms with van der Waals surface area (Å²) in [5, 5.41) is 0.373. The van der Waals surface area contributed by atoms with E-state index in [1.807, 2.05) is 0 Å². The molecule has 2 rings (SSSR count). The van der Waals surface area contributed by atoms with Crippen LogP contribution in [0.25, 0.3) is 10.9 Å². The number of nitrogens with one attached hydrogen (secondary N) is 1. The quantitative estimate of drug-likeness (QED) is 0.701. The Morgan fingerprint density at radius 3 is 2.53 bits per heavy atom. The zero-order valence-corrected chi connectivity index (χ0v) is 7.53. The average molecular weight is 217 g/mol. The van der Waals surface area contributed by atoms with E-state index in [2.05, 4.69) is 4.98 Å². The fraction of sp³-hybridized carbons (Fsp3) is 0.200. The third kappa shape index (κ3) is 1.69. The Hall–Kier alpha value is -1.52. The molecule has 1 aromatic carbocycles. The maximum absolute atomic E-state index is 12.5. The molecule has 1 aromatic heterocycles. The monoisotopic (exact) mass is 217 g/mol. The summed E-state index contributed by atoms with van der Waals surface area (Å²) in [5.74, 6) is 0. The van der Waals surface area contributed by atoms with Crippen LogP contribution in [0.2, 0.25) is 0 Å². The molecular weight excluding hydrogens is 210 g/mol. The van der Waals surface area contributed by atoms with E-state index in [0.717, 1.165) is 12.1 Å². The van der Waals surface area contributed by atoms with Crippen molar-refractivity contribution in [2.75, 3.05) is 0 Å². The summed E-state index contributed by atoms with van der Waals surface area (Å²) in [7, 11) is 0. The highest BCUT2D eigenvalue weighted by Crippen LogP contribution is 2.33. The van der Waals surface area contributed by atoms with Gasteiger partial charge in [0.15, 0.2) is 0 Å². The van der Waals surface area contributed by atoms with Gasteiger partial charge in [0, 0.05) is 17.1 Å². The van der Waals surface area contributed by atoms with Crippen LogP contribution in [-0.2, 0) is 12.9 Å². The van der Waals surface area contributed by atoms with Gasteiger partial charge in [0.25, 0.3) is 0 Å². The van der Waals surface area contributed by atoms with E-state index in [1.54, 1.807) is 0 Å². The molecule has 0 bridgehead atoms. The van der Waals surface area contributed by atoms with Crippen LogP contribution in [0.15, 0.2) is 24.4 Å². The summed E-state index contributed by atoms with van der Waals surface area (Å²) in [5.41, 5.74) is -0.363. The van der Waals surface area contributed by atoms with Crippen LogP contribution in [0.3, 0.4) is 0 Å². The third-order valence-electron chi connectivity index (χ3n) is 2.21. The van der Waals surface area contributed by atoms with Crippen LogP contribution in [-0.4, -0.2) is 4.98 Å². The molecule has 5 heteroatoms. The van der Waals surface area contributed by atoms with Crippen molar-refractivity contribution in [1.82, 2.24) is 4.98 Å². The summed E-state index contributed by atoms with van der Waals surface area (Å²) in [4.78, 5) is 2.71. The van der Waals surface area contributed by atoms with Crippen molar-refractivity contribution in [3.05, 3.63) is 35.5 Å². The van der Waals surface area contributed by atoms with Crippen molar-refractivity contribution in [2.45, 2.75) is 12.9 Å². The van der Waals surface area contributed by atoms with Gasteiger partial charge in [0.05, 0.1) is 11.1 Å². The van der Waals surface area contributed by atoms with Crippen molar-refractivity contribution in [1.29, 1.82) is 0 Å². The van der Waals surface area contributed by atoms with Crippen LogP contribution in [0, 0.1) is 0 Å². The fourth-order valence-corrected chi connectivity index (χ4v) is 1.52. The minimum Gasteiger partial charge on any atom is -0.361 e. The van der Waals surface area contributed by atoms with E-state index >= 15 is 0 Å². The second-order valence-electron chi connectivity index (χ2n) is 3.21. The molecule has 0 radical (unpaired) electrons. The van der Waals surface area contributed by atoms with Gasteiger partial charge in [0.1, 0.15) is 6.67 Å². The standard InChI is InChI=1S/C10H7F4N/c11-5-7-4-8(10(12,13)14)3-6-1-2-15-9(6)7/h1-4,15H,5H2. The molecule has 0 aliphatic carbocycles. The average Bonchev–Trinajstić information content (AvgIpc) is 2.62. The van der Waals surface area contributed by atoms with Gasteiger partial charge in [-0.05, 0) is 18.2 Å². The maximum atomic E-state index is 12.5. The minimum atomic E-state index is -4.44. The Bertz CT molecular complexity index is 484. The Morgan fingerprint density at radius 1 is 1.20 bits per heavy atom. The maximum Gasteiger partial charge on any atom is 0.416 e. The Labute approximate surface area is 82.7 Å². The number of H-pyrrole nitrogens is 1. The summed E-state index contributed by atoms with van der Waals surface area (Å²) in [6, 6.07) is 3.33. The van der Waals surface area contributed by atoms with Gasteiger partial charge in [-0.15, -0.1) is 0 Å². The molecular formula is C10H7F4N. The zero-order valence-electron chi connectivity index (χ0n) is 7.53. The largest absolute Gasteiger partial charge is 0.416 e. The van der Waals surface area contributed by atoms with Gasteiger partial charge < -0.3 is 4.98 Å². The third-order valence-corrected chi connectivity index (χ3v) is 2.21. The molecule has 1 heterocycles. The summed E-state index contributed by atoms with van der Waals surface area (Å²) >= 11 is 0. The molecule has 15 heavy (non-hydrogen) atoms. The first-order valence-electron chi connectivity index (χ1n) is 4.25. The van der Waals surface area contributed by atoms with Crippen LogP contribution < -0.4 is 0 Å². The first-order chi connectivity index (χ1) is 7.02. The van der Waals surface area contributed by atoms with Crippen LogP contribution >= 0.6 is 0 Å². The number of alkyl halides is 4. The normalized spacial score (nSPS) is 12.3. The number of aromatic nitrogens is 1. The predicted molar refractivity (Wildman–Crippen MR) is 48.1 cm³/mol. The Morgan fingerprint density at radius 2 is 1.93 bits per heavy atom. The molecule has 1 N–H and O–H groups in total. The second-order valence-corrected chi connectivity index (χ2v) is 3.21. The van der Waals surface area contributed by atoms with E-state index in [-0.39, 0.29) is 5.56 Å². The van der Waals surface area contributed by atoms with Gasteiger partial charge in [-0.25, -0.2) is 4.39 Å². The van der Waals surface area contributed by atoms with Crippen molar-refractivity contribution < 1.29 is 17.6 Å².